The first-order valence-corrected chi connectivity index (χ1v) is 10.8. The molecule has 1 aliphatic heterocycles. The van der Waals surface area contributed by atoms with E-state index in [0.717, 1.165) is 28.7 Å². The number of aromatic amines is 1. The third kappa shape index (κ3) is 4.27. The lowest BCUT2D eigenvalue weighted by molar-refractivity contribution is 0.0954. The highest BCUT2D eigenvalue weighted by Crippen LogP contribution is 2.25. The molecule has 0 unspecified atom stereocenters. The molecule has 33 heavy (non-hydrogen) atoms. The van der Waals surface area contributed by atoms with Crippen molar-refractivity contribution in [1.29, 1.82) is 0 Å². The Morgan fingerprint density at radius 2 is 2.12 bits per heavy atom. The monoisotopic (exact) mass is 444 g/mol. The van der Waals surface area contributed by atoms with Crippen LogP contribution in [0.1, 0.15) is 27.2 Å². The van der Waals surface area contributed by atoms with Crippen molar-refractivity contribution in [3.8, 4) is 0 Å². The molecule has 0 fully saturated rings. The highest BCUT2D eigenvalue weighted by molar-refractivity contribution is 5.97. The van der Waals surface area contributed by atoms with E-state index in [1.807, 2.05) is 11.6 Å². The molecule has 0 spiro atoms. The number of fused-ring (bicyclic) bond motifs is 3. The van der Waals surface area contributed by atoms with Gasteiger partial charge in [-0.25, -0.2) is 14.8 Å². The van der Waals surface area contributed by atoms with Crippen molar-refractivity contribution in [2.24, 2.45) is 7.05 Å². The largest absolute Gasteiger partial charge is 0.352 e. The maximum Gasteiger partial charge on any atom is 0.322 e. The fourth-order valence-electron chi connectivity index (χ4n) is 4.10. The Morgan fingerprint density at radius 3 is 2.97 bits per heavy atom. The fourth-order valence-corrected chi connectivity index (χ4v) is 4.10. The highest BCUT2D eigenvalue weighted by Gasteiger charge is 2.23. The summed E-state index contributed by atoms with van der Waals surface area (Å²) in [5.74, 6) is -0.185. The van der Waals surface area contributed by atoms with Crippen LogP contribution in [-0.2, 0) is 26.4 Å². The number of imidazole rings is 1. The molecular weight excluding hydrogens is 420 g/mol. The van der Waals surface area contributed by atoms with Crippen molar-refractivity contribution >= 4 is 28.7 Å². The van der Waals surface area contributed by atoms with Gasteiger partial charge in [0.15, 0.2) is 5.65 Å². The number of benzene rings is 1. The van der Waals surface area contributed by atoms with Gasteiger partial charge in [-0.2, -0.15) is 5.10 Å². The van der Waals surface area contributed by atoms with Gasteiger partial charge in [-0.05, 0) is 35.7 Å². The number of hydrogen-bond donors (Lipinski definition) is 3. The first-order valence-electron chi connectivity index (χ1n) is 10.8. The van der Waals surface area contributed by atoms with Gasteiger partial charge < -0.3 is 20.1 Å². The SMILES string of the molecule is Cn1cncc1CCNC(=O)c1cccc(NC(=O)N2CCc3c(cnc4[nH]ncc34)C2)c1. The third-order valence-electron chi connectivity index (χ3n) is 5.92. The average Bonchev–Trinajstić information content (AvgIpc) is 3.48. The molecule has 3 aromatic heterocycles. The van der Waals surface area contributed by atoms with Gasteiger partial charge in [0.2, 0.25) is 0 Å². The maximum atomic E-state index is 12.9. The zero-order valence-corrected chi connectivity index (χ0v) is 18.2. The highest BCUT2D eigenvalue weighted by atomic mass is 16.2. The number of urea groups is 1. The first kappa shape index (κ1) is 20.7. The standard InChI is InChI=1S/C23H24N8O2/c1-30-14-24-11-18(30)5-7-25-22(32)15-3-2-4-17(9-15)28-23(33)31-8-6-19-16(13-31)10-26-21-20(19)12-27-29-21/h2-4,9-12,14H,5-8,13H2,1H3,(H,25,32)(H,28,33)(H,26,27,29). The zero-order valence-electron chi connectivity index (χ0n) is 18.2. The summed E-state index contributed by atoms with van der Waals surface area (Å²) in [6.45, 7) is 1.57. The van der Waals surface area contributed by atoms with Crippen LogP contribution in [0.5, 0.6) is 0 Å². The topological polar surface area (TPSA) is 121 Å². The van der Waals surface area contributed by atoms with E-state index in [0.29, 0.717) is 37.3 Å². The number of H-pyrrole nitrogens is 1. The van der Waals surface area contributed by atoms with E-state index in [1.54, 1.807) is 54.1 Å². The number of nitrogens with one attached hydrogen (secondary N) is 3. The minimum absolute atomic E-state index is 0.185. The number of rotatable bonds is 5. The molecule has 1 aliphatic rings. The Balaban J connectivity index is 1.20. The molecule has 3 amide bonds. The minimum atomic E-state index is -0.207. The van der Waals surface area contributed by atoms with Gasteiger partial charge in [0.1, 0.15) is 0 Å². The van der Waals surface area contributed by atoms with Crippen LogP contribution in [0.2, 0.25) is 0 Å². The summed E-state index contributed by atoms with van der Waals surface area (Å²) in [7, 11) is 1.92. The molecule has 0 radical (unpaired) electrons. The number of carbonyl (C=O) groups is 2. The molecule has 10 nitrogen and oxygen atoms in total. The van der Waals surface area contributed by atoms with Gasteiger partial charge in [-0.1, -0.05) is 6.07 Å². The molecule has 1 aromatic carbocycles. The molecule has 168 valence electrons. The summed E-state index contributed by atoms with van der Waals surface area (Å²) in [4.78, 5) is 35.6. The summed E-state index contributed by atoms with van der Waals surface area (Å²) in [5.41, 5.74) is 5.08. The van der Waals surface area contributed by atoms with Crippen molar-refractivity contribution in [2.45, 2.75) is 19.4 Å². The van der Waals surface area contributed by atoms with Gasteiger partial charge >= 0.3 is 6.03 Å². The van der Waals surface area contributed by atoms with Crippen molar-refractivity contribution in [1.82, 2.24) is 34.9 Å². The number of pyridine rings is 1. The van der Waals surface area contributed by atoms with Gasteiger partial charge in [-0.3, -0.25) is 9.89 Å². The Hall–Kier alpha value is -4.21. The maximum absolute atomic E-state index is 12.9. The van der Waals surface area contributed by atoms with Gasteiger partial charge in [0.25, 0.3) is 5.91 Å². The molecule has 4 heterocycles. The number of hydrogen-bond acceptors (Lipinski definition) is 5. The second-order valence-electron chi connectivity index (χ2n) is 8.08. The summed E-state index contributed by atoms with van der Waals surface area (Å²) in [5, 5.41) is 13.8. The van der Waals surface area contributed by atoms with E-state index < -0.39 is 0 Å². The Morgan fingerprint density at radius 1 is 1.21 bits per heavy atom. The normalized spacial score (nSPS) is 13.1. The quantitative estimate of drug-likeness (QED) is 0.436. The predicted molar refractivity (Wildman–Crippen MR) is 123 cm³/mol. The van der Waals surface area contributed by atoms with E-state index >= 15 is 0 Å². The summed E-state index contributed by atoms with van der Waals surface area (Å²) < 4.78 is 1.93. The number of aromatic nitrogens is 5. The van der Waals surface area contributed by atoms with Gasteiger partial charge in [-0.15, -0.1) is 0 Å². The van der Waals surface area contributed by atoms with Crippen LogP contribution in [0.15, 0.2) is 49.2 Å². The zero-order chi connectivity index (χ0) is 22.8. The predicted octanol–water partition coefficient (Wildman–Crippen LogP) is 2.25. The van der Waals surface area contributed by atoms with Crippen molar-refractivity contribution in [2.75, 3.05) is 18.4 Å². The molecule has 0 bridgehead atoms. The van der Waals surface area contributed by atoms with E-state index in [2.05, 4.69) is 30.8 Å². The average molecular weight is 444 g/mol. The lowest BCUT2D eigenvalue weighted by Gasteiger charge is -2.29. The fraction of sp³-hybridized carbons (Fsp3) is 0.261. The lowest BCUT2D eigenvalue weighted by atomic mass is 9.99. The van der Waals surface area contributed by atoms with Crippen molar-refractivity contribution < 1.29 is 9.59 Å². The van der Waals surface area contributed by atoms with Crippen molar-refractivity contribution in [3.05, 3.63) is 71.6 Å². The molecule has 0 saturated heterocycles. The Labute approximate surface area is 190 Å². The summed E-state index contributed by atoms with van der Waals surface area (Å²) in [6, 6.07) is 6.75. The number of nitrogens with zero attached hydrogens (tertiary/aromatic N) is 5. The van der Waals surface area contributed by atoms with Gasteiger partial charge in [0.05, 0.1) is 12.5 Å². The van der Waals surface area contributed by atoms with Crippen LogP contribution in [0, 0.1) is 0 Å². The third-order valence-corrected chi connectivity index (χ3v) is 5.92. The molecule has 10 heteroatoms. The van der Waals surface area contributed by atoms with E-state index in [4.69, 9.17) is 0 Å². The molecule has 5 rings (SSSR count). The molecule has 4 aromatic rings. The Bertz CT molecular complexity index is 1330. The van der Waals surface area contributed by atoms with Gasteiger partial charge in [0, 0.05) is 67.8 Å². The summed E-state index contributed by atoms with van der Waals surface area (Å²) >= 11 is 0. The Kier molecular flexibility index (Phi) is 5.47. The van der Waals surface area contributed by atoms with Crippen LogP contribution in [-0.4, -0.2) is 54.7 Å². The molecule has 0 atom stereocenters. The number of anilines is 1. The first-order chi connectivity index (χ1) is 16.1. The molecule has 0 saturated carbocycles. The second kappa shape index (κ2) is 8.73. The number of carbonyl (C=O) groups excluding carboxylic acids is 2. The summed E-state index contributed by atoms with van der Waals surface area (Å²) in [6.07, 6.45) is 8.53. The molecule has 3 N–H and O–H groups in total. The molecular formula is C23H24N8O2. The van der Waals surface area contributed by atoms with Crippen LogP contribution in [0.25, 0.3) is 11.0 Å². The smallest absolute Gasteiger partial charge is 0.322 e. The lowest BCUT2D eigenvalue weighted by Crippen LogP contribution is -2.39. The minimum Gasteiger partial charge on any atom is -0.352 e. The van der Waals surface area contributed by atoms with E-state index in [1.165, 1.54) is 5.56 Å². The van der Waals surface area contributed by atoms with E-state index in [9.17, 15) is 9.59 Å². The number of aryl methyl sites for hydroxylation is 1. The van der Waals surface area contributed by atoms with Crippen molar-refractivity contribution in [3.63, 3.8) is 0 Å². The van der Waals surface area contributed by atoms with Crippen LogP contribution in [0.3, 0.4) is 0 Å². The second-order valence-corrected chi connectivity index (χ2v) is 8.08. The van der Waals surface area contributed by atoms with E-state index in [-0.39, 0.29) is 11.9 Å². The van der Waals surface area contributed by atoms with Crippen LogP contribution < -0.4 is 10.6 Å². The number of amides is 3. The molecule has 0 aliphatic carbocycles. The van der Waals surface area contributed by atoms with Crippen LogP contribution in [0.4, 0.5) is 10.5 Å². The van der Waals surface area contributed by atoms with Crippen LogP contribution >= 0.6 is 0 Å².